The lowest BCUT2D eigenvalue weighted by Crippen LogP contribution is -2.27. The molecule has 21 heavy (non-hydrogen) atoms. The molecule has 0 fully saturated rings. The van der Waals surface area contributed by atoms with Gasteiger partial charge in [0.2, 0.25) is 10.0 Å². The van der Waals surface area contributed by atoms with Crippen molar-refractivity contribution in [2.24, 2.45) is 0 Å². The molecule has 6 heteroatoms. The average Bonchev–Trinajstić information content (AvgIpc) is 2.46. The number of nitrogens with zero attached hydrogens (tertiary/aromatic N) is 1. The number of ether oxygens (including phenoxy) is 1. The molecule has 0 unspecified atom stereocenters. The van der Waals surface area contributed by atoms with Crippen molar-refractivity contribution in [1.82, 2.24) is 9.62 Å². The Balaban J connectivity index is 3.14. The van der Waals surface area contributed by atoms with Crippen molar-refractivity contribution < 1.29 is 13.2 Å². The van der Waals surface area contributed by atoms with Crippen LogP contribution in [0.25, 0.3) is 0 Å². The van der Waals surface area contributed by atoms with Crippen molar-refractivity contribution in [3.8, 4) is 5.75 Å². The van der Waals surface area contributed by atoms with Crippen molar-refractivity contribution in [1.29, 1.82) is 0 Å². The Morgan fingerprint density at radius 2 is 1.95 bits per heavy atom. The van der Waals surface area contributed by atoms with Gasteiger partial charge in [0, 0.05) is 25.7 Å². The Morgan fingerprint density at radius 1 is 1.24 bits per heavy atom. The van der Waals surface area contributed by atoms with Crippen LogP contribution >= 0.6 is 0 Å². The number of nitrogens with one attached hydrogen (secondary N) is 1. The van der Waals surface area contributed by atoms with Crippen LogP contribution in [0.3, 0.4) is 0 Å². The fraction of sp³-hybridized carbons (Fsp3) is 0.600. The smallest absolute Gasteiger partial charge is 0.242 e. The molecule has 0 saturated carbocycles. The molecule has 0 aromatic heterocycles. The molecule has 0 bridgehead atoms. The predicted octanol–water partition coefficient (Wildman–Crippen LogP) is 2.23. The summed E-state index contributed by atoms with van der Waals surface area (Å²) in [5.74, 6) is 0.732. The summed E-state index contributed by atoms with van der Waals surface area (Å²) < 4.78 is 31.9. The van der Waals surface area contributed by atoms with Gasteiger partial charge in [0.15, 0.2) is 0 Å². The largest absolute Gasteiger partial charge is 0.494 e. The highest BCUT2D eigenvalue weighted by Crippen LogP contribution is 2.24. The van der Waals surface area contributed by atoms with Crippen LogP contribution in [0, 0.1) is 0 Å². The van der Waals surface area contributed by atoms with E-state index in [9.17, 15) is 8.42 Å². The van der Waals surface area contributed by atoms with Crippen molar-refractivity contribution in [2.75, 3.05) is 26.7 Å². The van der Waals surface area contributed by atoms with Crippen LogP contribution in [0.1, 0.15) is 32.8 Å². The molecule has 0 amide bonds. The van der Waals surface area contributed by atoms with Gasteiger partial charge < -0.3 is 10.1 Å². The second-order valence-electron chi connectivity index (χ2n) is 4.81. The van der Waals surface area contributed by atoms with E-state index in [1.165, 1.54) is 4.31 Å². The summed E-state index contributed by atoms with van der Waals surface area (Å²) in [5.41, 5.74) is 0.865. The Bertz CT molecular complexity index is 544. The summed E-state index contributed by atoms with van der Waals surface area (Å²) in [4.78, 5) is 0.315. The summed E-state index contributed by atoms with van der Waals surface area (Å²) in [7, 11) is -1.82. The van der Waals surface area contributed by atoms with Crippen molar-refractivity contribution >= 4 is 10.0 Å². The predicted molar refractivity (Wildman–Crippen MR) is 85.1 cm³/mol. The molecule has 120 valence electrons. The van der Waals surface area contributed by atoms with E-state index < -0.39 is 10.0 Å². The van der Waals surface area contributed by atoms with Gasteiger partial charge in [-0.1, -0.05) is 13.8 Å². The molecule has 1 aromatic rings. The normalized spacial score (nSPS) is 11.9. The molecule has 5 nitrogen and oxygen atoms in total. The monoisotopic (exact) mass is 314 g/mol. The summed E-state index contributed by atoms with van der Waals surface area (Å²) in [6.07, 6.45) is 0.789. The molecule has 1 aromatic carbocycles. The number of sulfonamides is 1. The quantitative estimate of drug-likeness (QED) is 0.759. The molecular formula is C15H26N2O3S. The van der Waals surface area contributed by atoms with E-state index in [0.29, 0.717) is 24.6 Å². The zero-order chi connectivity index (χ0) is 15.9. The summed E-state index contributed by atoms with van der Waals surface area (Å²) >= 11 is 0. The van der Waals surface area contributed by atoms with Crippen molar-refractivity contribution in [2.45, 2.75) is 38.6 Å². The minimum Gasteiger partial charge on any atom is -0.494 e. The van der Waals surface area contributed by atoms with Crippen molar-refractivity contribution in [3.63, 3.8) is 0 Å². The van der Waals surface area contributed by atoms with E-state index in [1.54, 1.807) is 25.2 Å². The van der Waals surface area contributed by atoms with Gasteiger partial charge in [0.05, 0.1) is 11.5 Å². The maximum atomic E-state index is 12.5. The van der Waals surface area contributed by atoms with Gasteiger partial charge in [-0.25, -0.2) is 12.7 Å². The molecule has 0 heterocycles. The molecule has 0 radical (unpaired) electrons. The van der Waals surface area contributed by atoms with Crippen LogP contribution < -0.4 is 10.1 Å². The molecule has 1 N–H and O–H groups in total. The molecule has 1 rings (SSSR count). The Labute approximate surface area is 128 Å². The summed E-state index contributed by atoms with van der Waals surface area (Å²) in [5, 5.41) is 3.21. The van der Waals surface area contributed by atoms with Gasteiger partial charge in [-0.3, -0.25) is 0 Å². The van der Waals surface area contributed by atoms with Gasteiger partial charge >= 0.3 is 0 Å². The zero-order valence-corrected chi connectivity index (χ0v) is 14.2. The molecule has 0 spiro atoms. The van der Waals surface area contributed by atoms with Crippen LogP contribution in [0.4, 0.5) is 0 Å². The van der Waals surface area contributed by atoms with Gasteiger partial charge in [0.1, 0.15) is 5.75 Å². The van der Waals surface area contributed by atoms with Crippen LogP contribution in [0.2, 0.25) is 0 Å². The molecule has 0 aliphatic carbocycles. The van der Waals surface area contributed by atoms with Crippen LogP contribution in [-0.4, -0.2) is 39.5 Å². The number of hydrogen-bond donors (Lipinski definition) is 1. The van der Waals surface area contributed by atoms with Gasteiger partial charge in [0.25, 0.3) is 0 Å². The second kappa shape index (κ2) is 8.36. The lowest BCUT2D eigenvalue weighted by atomic mass is 10.2. The van der Waals surface area contributed by atoms with E-state index in [-0.39, 0.29) is 0 Å². The summed E-state index contributed by atoms with van der Waals surface area (Å²) in [6, 6.07) is 5.06. The fourth-order valence-electron chi connectivity index (χ4n) is 2.03. The first kappa shape index (κ1) is 17.9. The number of hydrogen-bond acceptors (Lipinski definition) is 4. The number of rotatable bonds is 9. The third-order valence-electron chi connectivity index (χ3n) is 3.14. The lowest BCUT2D eigenvalue weighted by Gasteiger charge is -2.18. The van der Waals surface area contributed by atoms with Crippen molar-refractivity contribution in [3.05, 3.63) is 23.8 Å². The first-order chi connectivity index (χ1) is 9.97. The summed E-state index contributed by atoms with van der Waals surface area (Å²) in [6.45, 7) is 8.36. The van der Waals surface area contributed by atoms with Gasteiger partial charge in [-0.05, 0) is 38.1 Å². The minimum absolute atomic E-state index is 0.315. The van der Waals surface area contributed by atoms with E-state index >= 15 is 0 Å². The maximum Gasteiger partial charge on any atom is 0.242 e. The Kier molecular flexibility index (Phi) is 7.14. The minimum atomic E-state index is -3.43. The van der Waals surface area contributed by atoms with E-state index in [2.05, 4.69) is 5.32 Å². The first-order valence-corrected chi connectivity index (χ1v) is 8.84. The Morgan fingerprint density at radius 3 is 2.52 bits per heavy atom. The average molecular weight is 314 g/mol. The first-order valence-electron chi connectivity index (χ1n) is 7.40. The number of benzene rings is 1. The highest BCUT2D eigenvalue weighted by atomic mass is 32.2. The molecule has 0 aliphatic heterocycles. The zero-order valence-electron chi connectivity index (χ0n) is 13.3. The van der Waals surface area contributed by atoms with Crippen LogP contribution in [0.5, 0.6) is 5.75 Å². The highest BCUT2D eigenvalue weighted by Gasteiger charge is 2.21. The third-order valence-corrected chi connectivity index (χ3v) is 5.00. The van der Waals surface area contributed by atoms with Gasteiger partial charge in [-0.15, -0.1) is 0 Å². The molecule has 0 atom stereocenters. The van der Waals surface area contributed by atoms with E-state index in [1.807, 2.05) is 20.8 Å². The SMILES string of the molecule is CCCN(C)S(=O)(=O)c1ccc(OCC)c(CNCC)c1. The van der Waals surface area contributed by atoms with E-state index in [0.717, 1.165) is 24.3 Å². The second-order valence-corrected chi connectivity index (χ2v) is 6.85. The Hall–Kier alpha value is -1.11. The van der Waals surface area contributed by atoms with Gasteiger partial charge in [-0.2, -0.15) is 0 Å². The maximum absolute atomic E-state index is 12.5. The highest BCUT2D eigenvalue weighted by molar-refractivity contribution is 7.89. The lowest BCUT2D eigenvalue weighted by molar-refractivity contribution is 0.335. The topological polar surface area (TPSA) is 58.6 Å². The van der Waals surface area contributed by atoms with E-state index in [4.69, 9.17) is 4.74 Å². The third kappa shape index (κ3) is 4.69. The van der Waals surface area contributed by atoms with Crippen LogP contribution in [0.15, 0.2) is 23.1 Å². The standard InChI is InChI=1S/C15H26N2O3S/c1-5-10-17(4)21(18,19)14-8-9-15(20-7-3)13(11-14)12-16-6-2/h8-9,11,16H,5-7,10,12H2,1-4H3. The fourth-order valence-corrected chi connectivity index (χ4v) is 3.34. The molecule has 0 saturated heterocycles. The molecule has 0 aliphatic rings. The molecular weight excluding hydrogens is 288 g/mol. The van der Waals surface area contributed by atoms with Crippen LogP contribution in [-0.2, 0) is 16.6 Å².